The Balaban J connectivity index is 1.69. The minimum atomic E-state index is -1.22. The van der Waals surface area contributed by atoms with Crippen molar-refractivity contribution in [3.63, 3.8) is 0 Å². The lowest BCUT2D eigenvalue weighted by molar-refractivity contribution is 0.0818. The van der Waals surface area contributed by atoms with E-state index >= 15 is 0 Å². The zero-order chi connectivity index (χ0) is 25.3. The van der Waals surface area contributed by atoms with Gasteiger partial charge in [-0.05, 0) is 32.0 Å². The Morgan fingerprint density at radius 1 is 1.17 bits per heavy atom. The molecule has 1 N–H and O–H groups in total. The number of aromatic nitrogens is 5. The summed E-state index contributed by atoms with van der Waals surface area (Å²) in [4.78, 5) is 28.2. The van der Waals surface area contributed by atoms with Gasteiger partial charge in [0.15, 0.2) is 0 Å². The quantitative estimate of drug-likeness (QED) is 0.295. The number of hydrogen-bond acceptors (Lipinski definition) is 7. The number of anilines is 1. The van der Waals surface area contributed by atoms with Crippen molar-refractivity contribution in [1.82, 2.24) is 29.6 Å². The second-order valence-corrected chi connectivity index (χ2v) is 15.9. The van der Waals surface area contributed by atoms with E-state index in [1.807, 2.05) is 18.7 Å². The van der Waals surface area contributed by atoms with Crippen molar-refractivity contribution < 1.29 is 19.0 Å². The number of fused-ring (bicyclic) bond motifs is 1. The summed E-state index contributed by atoms with van der Waals surface area (Å²) in [6.45, 7) is 12.4. The summed E-state index contributed by atoms with van der Waals surface area (Å²) >= 11 is 0. The number of hydrogen-bond donors (Lipinski definition) is 1. The highest BCUT2D eigenvalue weighted by atomic mass is 28.3. The number of halogens is 1. The van der Waals surface area contributed by atoms with E-state index in [4.69, 9.17) is 14.8 Å². The van der Waals surface area contributed by atoms with E-state index in [0.717, 1.165) is 6.04 Å². The highest BCUT2D eigenvalue weighted by Gasteiger charge is 2.33. The Morgan fingerprint density at radius 2 is 1.89 bits per heavy atom. The van der Waals surface area contributed by atoms with E-state index in [9.17, 15) is 14.3 Å². The van der Waals surface area contributed by atoms with Crippen LogP contribution in [0.15, 0.2) is 24.5 Å². The van der Waals surface area contributed by atoms with Crippen molar-refractivity contribution in [2.45, 2.75) is 58.3 Å². The lowest BCUT2D eigenvalue weighted by Gasteiger charge is -2.43. The summed E-state index contributed by atoms with van der Waals surface area (Å²) in [6.07, 6.45) is 2.23. The largest absolute Gasteiger partial charge is 0.465 e. The number of pyridine rings is 1. The number of piperazine rings is 1. The number of amides is 1. The summed E-state index contributed by atoms with van der Waals surface area (Å²) in [5.41, 5.74) is 2.51. The van der Waals surface area contributed by atoms with Gasteiger partial charge in [-0.2, -0.15) is 9.49 Å². The maximum atomic E-state index is 13.5. The van der Waals surface area contributed by atoms with Crippen LogP contribution in [0, 0.1) is 5.95 Å². The molecule has 188 valence electrons. The summed E-state index contributed by atoms with van der Waals surface area (Å²) in [5, 5.41) is 14.1. The minimum Gasteiger partial charge on any atom is -0.465 e. The van der Waals surface area contributed by atoms with Crippen LogP contribution < -0.4 is 4.90 Å². The first kappa shape index (κ1) is 25.0. The molecule has 1 aliphatic rings. The monoisotopic (exact) mass is 501 g/mol. The number of ether oxygens (including phenoxy) is 1. The molecule has 0 spiro atoms. The minimum absolute atomic E-state index is 0.108. The van der Waals surface area contributed by atoms with E-state index in [-0.39, 0.29) is 18.8 Å². The Morgan fingerprint density at radius 3 is 2.49 bits per heavy atom. The molecule has 0 aromatic carbocycles. The van der Waals surface area contributed by atoms with Gasteiger partial charge in [-0.25, -0.2) is 24.4 Å². The first-order valence-corrected chi connectivity index (χ1v) is 15.4. The fourth-order valence-corrected chi connectivity index (χ4v) is 5.04. The van der Waals surface area contributed by atoms with Gasteiger partial charge in [0.1, 0.15) is 23.5 Å². The van der Waals surface area contributed by atoms with Gasteiger partial charge in [0.25, 0.3) is 0 Å². The molecule has 4 heterocycles. The van der Waals surface area contributed by atoms with Crippen LogP contribution in [-0.4, -0.2) is 80.7 Å². The molecule has 12 heteroatoms. The summed E-state index contributed by atoms with van der Waals surface area (Å²) < 4.78 is 21.1. The van der Waals surface area contributed by atoms with E-state index < -0.39 is 20.1 Å². The van der Waals surface area contributed by atoms with Crippen LogP contribution in [0.1, 0.15) is 13.8 Å². The highest BCUT2D eigenvalue weighted by molar-refractivity contribution is 6.76. The van der Waals surface area contributed by atoms with Crippen LogP contribution in [0.25, 0.3) is 22.3 Å². The number of carboxylic acid groups (broad SMARTS) is 1. The van der Waals surface area contributed by atoms with Crippen molar-refractivity contribution in [1.29, 1.82) is 0 Å². The molecule has 2 atom stereocenters. The number of rotatable bonds is 7. The molecule has 4 rings (SSSR count). The molecule has 1 saturated heterocycles. The maximum Gasteiger partial charge on any atom is 0.407 e. The Hall–Kier alpha value is -3.12. The molecule has 1 aliphatic heterocycles. The van der Waals surface area contributed by atoms with E-state index in [2.05, 4.69) is 29.6 Å². The first-order valence-electron chi connectivity index (χ1n) is 11.7. The molecule has 3 aromatic heterocycles. The van der Waals surface area contributed by atoms with E-state index in [1.54, 1.807) is 16.9 Å². The fraction of sp³-hybridized carbons (Fsp3) is 0.522. The standard InChI is InChI=1S/C23H32FN7O3Si/c1-15-12-29(23(32)33)13-16(2)31(15)22-26-11-18-21(27-22)20(17-6-7-19(24)25-10-17)28-30(18)14-34-8-9-35(3,4)5/h6-7,10-11,15-16H,8-9,12-14H2,1-5H3,(H,32,33)/t15-,16+. The third-order valence-corrected chi connectivity index (χ3v) is 7.82. The Labute approximate surface area is 204 Å². The second kappa shape index (κ2) is 9.86. The van der Waals surface area contributed by atoms with Gasteiger partial charge in [0.05, 0.1) is 6.20 Å². The molecule has 0 unspecified atom stereocenters. The van der Waals surface area contributed by atoms with Crippen LogP contribution in [0.4, 0.5) is 15.1 Å². The normalized spacial score (nSPS) is 18.9. The maximum absolute atomic E-state index is 13.5. The summed E-state index contributed by atoms with van der Waals surface area (Å²) in [6, 6.07) is 3.74. The molecule has 35 heavy (non-hydrogen) atoms. The molecule has 3 aromatic rings. The lowest BCUT2D eigenvalue weighted by Crippen LogP contribution is -2.58. The third kappa shape index (κ3) is 5.59. The lowest BCUT2D eigenvalue weighted by atomic mass is 10.1. The van der Waals surface area contributed by atoms with Gasteiger partial charge in [-0.3, -0.25) is 0 Å². The van der Waals surface area contributed by atoms with Gasteiger partial charge in [0, 0.05) is 51.6 Å². The van der Waals surface area contributed by atoms with Crippen molar-refractivity contribution in [3.8, 4) is 11.3 Å². The van der Waals surface area contributed by atoms with Crippen LogP contribution in [0.3, 0.4) is 0 Å². The second-order valence-electron chi connectivity index (χ2n) is 10.3. The molecule has 0 aliphatic carbocycles. The summed E-state index contributed by atoms with van der Waals surface area (Å²) in [7, 11) is -1.22. The Bertz CT molecular complexity index is 1190. The molecule has 1 fully saturated rings. The van der Waals surface area contributed by atoms with Crippen molar-refractivity contribution >= 4 is 31.1 Å². The predicted molar refractivity (Wildman–Crippen MR) is 134 cm³/mol. The van der Waals surface area contributed by atoms with Crippen molar-refractivity contribution in [3.05, 3.63) is 30.5 Å². The van der Waals surface area contributed by atoms with Crippen molar-refractivity contribution in [2.75, 3.05) is 24.6 Å². The first-order chi connectivity index (χ1) is 16.5. The van der Waals surface area contributed by atoms with Crippen LogP contribution >= 0.6 is 0 Å². The van der Waals surface area contributed by atoms with Gasteiger partial charge in [-0.15, -0.1) is 0 Å². The van der Waals surface area contributed by atoms with Crippen LogP contribution in [0.5, 0.6) is 0 Å². The van der Waals surface area contributed by atoms with E-state index in [1.165, 1.54) is 17.2 Å². The van der Waals surface area contributed by atoms with Gasteiger partial charge in [0.2, 0.25) is 11.9 Å². The highest BCUT2D eigenvalue weighted by Crippen LogP contribution is 2.29. The summed E-state index contributed by atoms with van der Waals surface area (Å²) in [5.74, 6) is -0.0699. The zero-order valence-corrected chi connectivity index (χ0v) is 21.8. The zero-order valence-electron chi connectivity index (χ0n) is 20.8. The van der Waals surface area contributed by atoms with E-state index in [0.29, 0.717) is 47.9 Å². The van der Waals surface area contributed by atoms with Crippen LogP contribution in [0.2, 0.25) is 25.7 Å². The number of nitrogens with zero attached hydrogens (tertiary/aromatic N) is 7. The fourth-order valence-electron chi connectivity index (χ4n) is 4.29. The van der Waals surface area contributed by atoms with Crippen molar-refractivity contribution in [2.24, 2.45) is 0 Å². The average Bonchev–Trinajstić information content (AvgIpc) is 3.14. The molecule has 0 bridgehead atoms. The topological polar surface area (TPSA) is 110 Å². The smallest absolute Gasteiger partial charge is 0.407 e. The molecule has 1 amide bonds. The number of carbonyl (C=O) groups is 1. The van der Waals surface area contributed by atoms with Gasteiger partial charge >= 0.3 is 6.09 Å². The SMILES string of the molecule is C[C@@H]1CN(C(=O)O)C[C@H](C)N1c1ncc2c(n1)c(-c1ccc(F)nc1)nn2COCC[Si](C)(C)C. The van der Waals surface area contributed by atoms with Crippen LogP contribution in [-0.2, 0) is 11.5 Å². The molecule has 0 radical (unpaired) electrons. The molecular weight excluding hydrogens is 469 g/mol. The molecular formula is C23H32FN7O3Si. The van der Waals surface area contributed by atoms with Gasteiger partial charge in [-0.1, -0.05) is 19.6 Å². The third-order valence-electron chi connectivity index (χ3n) is 6.11. The average molecular weight is 502 g/mol. The Kier molecular flexibility index (Phi) is 7.04. The van der Waals surface area contributed by atoms with Gasteiger partial charge < -0.3 is 19.6 Å². The predicted octanol–water partition coefficient (Wildman–Crippen LogP) is 3.92. The molecule has 0 saturated carbocycles. The molecule has 10 nitrogen and oxygen atoms in total.